The van der Waals surface area contributed by atoms with Crippen LogP contribution in [-0.4, -0.2) is 39.8 Å². The molecule has 0 unspecified atom stereocenters. The summed E-state index contributed by atoms with van der Waals surface area (Å²) in [6.45, 7) is 3.01. The first-order chi connectivity index (χ1) is 10.7. The SMILES string of the molecule is CCS(=O)(=O)/N=C1C=C(Br)/C(=N/S(=O)(=O)CC)c2ccccc2\1. The molecule has 1 aliphatic rings. The van der Waals surface area contributed by atoms with Gasteiger partial charge in [-0.15, -0.1) is 0 Å². The predicted molar refractivity (Wildman–Crippen MR) is 95.4 cm³/mol. The zero-order chi connectivity index (χ0) is 17.3. The van der Waals surface area contributed by atoms with Crippen molar-refractivity contribution in [3.8, 4) is 0 Å². The molecule has 0 atom stereocenters. The molecule has 0 amide bonds. The van der Waals surface area contributed by atoms with E-state index in [0.29, 0.717) is 15.6 Å². The maximum atomic E-state index is 11.8. The van der Waals surface area contributed by atoms with E-state index in [2.05, 4.69) is 24.7 Å². The van der Waals surface area contributed by atoms with Crippen LogP contribution in [0.15, 0.2) is 43.6 Å². The van der Waals surface area contributed by atoms with Gasteiger partial charge >= 0.3 is 0 Å². The number of nitrogens with zero attached hydrogens (tertiary/aromatic N) is 2. The van der Waals surface area contributed by atoms with Crippen LogP contribution in [0, 0.1) is 0 Å². The molecular weight excluding hydrogens is 404 g/mol. The second-order valence-electron chi connectivity index (χ2n) is 4.70. The van der Waals surface area contributed by atoms with Gasteiger partial charge in [0, 0.05) is 15.6 Å². The average molecular weight is 419 g/mol. The summed E-state index contributed by atoms with van der Waals surface area (Å²) in [6, 6.07) is 6.82. The van der Waals surface area contributed by atoms with E-state index in [1.807, 2.05) is 0 Å². The lowest BCUT2D eigenvalue weighted by Crippen LogP contribution is -2.19. The fraction of sp³-hybridized carbons (Fsp3) is 0.286. The van der Waals surface area contributed by atoms with Gasteiger partial charge in [-0.2, -0.15) is 8.80 Å². The van der Waals surface area contributed by atoms with Gasteiger partial charge in [0.15, 0.2) is 0 Å². The van der Waals surface area contributed by atoms with Crippen molar-refractivity contribution in [3.05, 3.63) is 46.0 Å². The van der Waals surface area contributed by atoms with Crippen molar-refractivity contribution in [1.29, 1.82) is 0 Å². The van der Waals surface area contributed by atoms with Crippen LogP contribution in [0.4, 0.5) is 0 Å². The molecule has 0 aliphatic heterocycles. The highest BCUT2D eigenvalue weighted by atomic mass is 79.9. The normalized spacial score (nSPS) is 18.8. The van der Waals surface area contributed by atoms with Crippen molar-refractivity contribution in [2.75, 3.05) is 11.5 Å². The van der Waals surface area contributed by atoms with E-state index in [1.54, 1.807) is 24.3 Å². The number of benzene rings is 1. The molecule has 9 heteroatoms. The molecule has 1 aromatic rings. The standard InChI is InChI=1S/C14H15BrN2O4S2/c1-3-22(18,19)16-13-9-12(15)14(17-23(20,21)4-2)11-8-6-5-7-10(11)13/h5-9H,3-4H2,1-2H3/b16-13+,17-14+. The third-order valence-electron chi connectivity index (χ3n) is 3.15. The van der Waals surface area contributed by atoms with E-state index < -0.39 is 20.0 Å². The molecule has 1 aliphatic carbocycles. The Balaban J connectivity index is 2.73. The molecule has 0 saturated carbocycles. The monoisotopic (exact) mass is 418 g/mol. The van der Waals surface area contributed by atoms with Gasteiger partial charge < -0.3 is 0 Å². The van der Waals surface area contributed by atoms with Crippen molar-refractivity contribution in [3.63, 3.8) is 0 Å². The number of hydrogen-bond acceptors (Lipinski definition) is 4. The number of hydrogen-bond donors (Lipinski definition) is 0. The summed E-state index contributed by atoms with van der Waals surface area (Å²) < 4.78 is 55.2. The molecule has 6 nitrogen and oxygen atoms in total. The fourth-order valence-electron chi connectivity index (χ4n) is 1.89. The van der Waals surface area contributed by atoms with Gasteiger partial charge in [0.05, 0.1) is 22.9 Å². The molecule has 2 rings (SSSR count). The lowest BCUT2D eigenvalue weighted by molar-refractivity contribution is 0.597. The second-order valence-corrected chi connectivity index (χ2v) is 9.40. The van der Waals surface area contributed by atoms with E-state index in [1.165, 1.54) is 19.9 Å². The van der Waals surface area contributed by atoms with Gasteiger partial charge in [-0.3, -0.25) is 0 Å². The first kappa shape index (κ1) is 18.0. The first-order valence-electron chi connectivity index (χ1n) is 6.81. The number of halogens is 1. The topological polar surface area (TPSA) is 93.0 Å². The molecule has 0 N–H and O–H groups in total. The van der Waals surface area contributed by atoms with Crippen molar-refractivity contribution in [2.24, 2.45) is 8.80 Å². The van der Waals surface area contributed by atoms with E-state index in [4.69, 9.17) is 0 Å². The number of allylic oxidation sites excluding steroid dienone is 2. The highest BCUT2D eigenvalue weighted by molar-refractivity contribution is 9.12. The number of rotatable bonds is 4. The summed E-state index contributed by atoms with van der Waals surface area (Å²) in [7, 11) is -7.17. The highest BCUT2D eigenvalue weighted by Crippen LogP contribution is 2.27. The number of sulfonamides is 2. The Bertz CT molecular complexity index is 929. The van der Waals surface area contributed by atoms with Crippen LogP contribution in [0.1, 0.15) is 25.0 Å². The molecule has 23 heavy (non-hydrogen) atoms. The molecule has 0 radical (unpaired) electrons. The quantitative estimate of drug-likeness (QED) is 0.748. The maximum Gasteiger partial charge on any atom is 0.253 e. The molecule has 0 fully saturated rings. The molecule has 0 aromatic heterocycles. The average Bonchev–Trinajstić information content (AvgIpc) is 2.51. The third kappa shape index (κ3) is 4.15. The zero-order valence-electron chi connectivity index (χ0n) is 12.5. The maximum absolute atomic E-state index is 11.8. The Labute approximate surface area is 144 Å². The van der Waals surface area contributed by atoms with Crippen molar-refractivity contribution in [1.82, 2.24) is 0 Å². The van der Waals surface area contributed by atoms with Crippen LogP contribution in [0.3, 0.4) is 0 Å². The molecule has 0 bridgehead atoms. The Morgan fingerprint density at radius 3 is 2.00 bits per heavy atom. The Morgan fingerprint density at radius 2 is 1.43 bits per heavy atom. The van der Waals surface area contributed by atoms with Crippen molar-refractivity contribution < 1.29 is 16.8 Å². The van der Waals surface area contributed by atoms with Crippen LogP contribution < -0.4 is 0 Å². The molecule has 1 aromatic carbocycles. The van der Waals surface area contributed by atoms with E-state index in [9.17, 15) is 16.8 Å². The zero-order valence-corrected chi connectivity index (χ0v) is 15.7. The lowest BCUT2D eigenvalue weighted by atomic mass is 9.94. The molecule has 0 heterocycles. The minimum Gasteiger partial charge on any atom is -0.205 e. The van der Waals surface area contributed by atoms with Crippen LogP contribution in [0.5, 0.6) is 0 Å². The van der Waals surface area contributed by atoms with Gasteiger partial charge in [-0.05, 0) is 35.9 Å². The Morgan fingerprint density at radius 1 is 0.913 bits per heavy atom. The Hall–Kier alpha value is -1.32. The molecular formula is C14H15BrN2O4S2. The predicted octanol–water partition coefficient (Wildman–Crippen LogP) is 2.26. The minimum atomic E-state index is -3.59. The smallest absolute Gasteiger partial charge is 0.205 e. The summed E-state index contributed by atoms with van der Waals surface area (Å²) in [5, 5.41) is 0. The Kier molecular flexibility index (Phi) is 5.22. The summed E-state index contributed by atoms with van der Waals surface area (Å²) in [5.74, 6) is -0.237. The molecule has 0 saturated heterocycles. The summed E-state index contributed by atoms with van der Waals surface area (Å²) in [4.78, 5) is 0. The summed E-state index contributed by atoms with van der Waals surface area (Å²) >= 11 is 3.27. The molecule has 124 valence electrons. The van der Waals surface area contributed by atoms with Gasteiger partial charge in [-0.25, -0.2) is 16.8 Å². The first-order valence-corrected chi connectivity index (χ1v) is 10.8. The van der Waals surface area contributed by atoms with Gasteiger partial charge in [0.2, 0.25) is 0 Å². The van der Waals surface area contributed by atoms with Gasteiger partial charge in [0.25, 0.3) is 20.0 Å². The summed E-state index contributed by atoms with van der Waals surface area (Å²) in [6.07, 6.45) is 1.47. The fourth-order valence-corrected chi connectivity index (χ4v) is 3.71. The summed E-state index contributed by atoms with van der Waals surface area (Å²) in [5.41, 5.74) is 1.54. The van der Waals surface area contributed by atoms with Crippen LogP contribution >= 0.6 is 15.9 Å². The minimum absolute atomic E-state index is 0.116. The number of fused-ring (bicyclic) bond motifs is 1. The highest BCUT2D eigenvalue weighted by Gasteiger charge is 2.24. The van der Waals surface area contributed by atoms with E-state index in [0.717, 1.165) is 0 Å². The van der Waals surface area contributed by atoms with Crippen LogP contribution in [0.2, 0.25) is 0 Å². The van der Waals surface area contributed by atoms with Gasteiger partial charge in [0.1, 0.15) is 0 Å². The van der Waals surface area contributed by atoms with Crippen LogP contribution in [-0.2, 0) is 20.0 Å². The largest absolute Gasteiger partial charge is 0.253 e. The van der Waals surface area contributed by atoms with Crippen molar-refractivity contribution in [2.45, 2.75) is 13.8 Å². The van der Waals surface area contributed by atoms with Crippen LogP contribution in [0.25, 0.3) is 0 Å². The van der Waals surface area contributed by atoms with Crippen molar-refractivity contribution >= 4 is 47.4 Å². The second kappa shape index (κ2) is 6.66. The van der Waals surface area contributed by atoms with E-state index in [-0.39, 0.29) is 22.9 Å². The van der Waals surface area contributed by atoms with E-state index >= 15 is 0 Å². The van der Waals surface area contributed by atoms with Gasteiger partial charge in [-0.1, -0.05) is 24.3 Å². The third-order valence-corrected chi connectivity index (χ3v) is 6.14. The lowest BCUT2D eigenvalue weighted by Gasteiger charge is -2.17. The molecule has 0 spiro atoms.